The van der Waals surface area contributed by atoms with Crippen LogP contribution in [-0.2, 0) is 9.59 Å². The minimum atomic E-state index is -0.195. The van der Waals surface area contributed by atoms with Crippen molar-refractivity contribution in [2.45, 2.75) is 65.5 Å². The zero-order chi connectivity index (χ0) is 21.6. The number of carbonyl (C=O) groups is 2. The molecule has 2 rings (SSSR count). The Bertz CT molecular complexity index is 679. The fraction of sp³-hybridized carbons (Fsp3) is 0.652. The second kappa shape index (κ2) is 10.2. The van der Waals surface area contributed by atoms with Gasteiger partial charge in [0.05, 0.1) is 13.1 Å². The molecule has 29 heavy (non-hydrogen) atoms. The van der Waals surface area contributed by atoms with E-state index in [0.29, 0.717) is 12.5 Å². The molecule has 0 bridgehead atoms. The lowest BCUT2D eigenvalue weighted by Gasteiger charge is -2.24. The lowest BCUT2D eigenvalue weighted by Crippen LogP contribution is -3.20. The number of carbonyl (C=O) groups excluding carboxylic acids is 2. The van der Waals surface area contributed by atoms with Crippen molar-refractivity contribution >= 4 is 17.5 Å². The average molecular weight is 405 g/mol. The zero-order valence-electron chi connectivity index (χ0n) is 19.0. The molecule has 0 spiro atoms. The zero-order valence-corrected chi connectivity index (χ0v) is 19.0. The second-order valence-corrected chi connectivity index (χ2v) is 9.72. The van der Waals surface area contributed by atoms with E-state index in [1.165, 1.54) is 15.4 Å². The molecule has 1 fully saturated rings. The number of nitrogens with one attached hydrogen (secondary N) is 4. The molecule has 0 radical (unpaired) electrons. The molecule has 3 atom stereocenters. The molecular formula is C23H40N4O2+2. The van der Waals surface area contributed by atoms with Crippen LogP contribution in [0.1, 0.15) is 59.4 Å². The molecule has 1 aliphatic rings. The quantitative estimate of drug-likeness (QED) is 0.548. The number of amides is 2. The monoisotopic (exact) mass is 404 g/mol. The predicted molar refractivity (Wildman–Crippen MR) is 117 cm³/mol. The fourth-order valence-electron chi connectivity index (χ4n) is 3.84. The summed E-state index contributed by atoms with van der Waals surface area (Å²) in [4.78, 5) is 27.6. The van der Waals surface area contributed by atoms with Crippen molar-refractivity contribution in [3.8, 4) is 0 Å². The molecule has 6 nitrogen and oxygen atoms in total. The van der Waals surface area contributed by atoms with E-state index in [4.69, 9.17) is 0 Å². The molecule has 6 heteroatoms. The highest BCUT2D eigenvalue weighted by molar-refractivity contribution is 5.93. The van der Waals surface area contributed by atoms with Crippen LogP contribution in [0.3, 0.4) is 0 Å². The largest absolute Gasteiger partial charge is 0.347 e. The first kappa shape index (κ1) is 23.4. The summed E-state index contributed by atoms with van der Waals surface area (Å²) in [6.45, 7) is 16.6. The lowest BCUT2D eigenvalue weighted by atomic mass is 10.0. The maximum Gasteiger partial charge on any atom is 0.282 e. The molecule has 162 valence electrons. The van der Waals surface area contributed by atoms with E-state index in [0.717, 1.165) is 38.3 Å². The van der Waals surface area contributed by atoms with Crippen LogP contribution in [0.2, 0.25) is 0 Å². The topological polar surface area (TPSA) is 67.1 Å². The third kappa shape index (κ3) is 7.78. The Kier molecular flexibility index (Phi) is 8.23. The van der Waals surface area contributed by atoms with Gasteiger partial charge in [-0.3, -0.25) is 9.59 Å². The van der Waals surface area contributed by atoms with Crippen LogP contribution in [0.25, 0.3) is 0 Å². The first-order valence-electron chi connectivity index (χ1n) is 10.9. The summed E-state index contributed by atoms with van der Waals surface area (Å²) in [6, 6.07) is 8.01. The summed E-state index contributed by atoms with van der Waals surface area (Å²) in [5.41, 5.74) is 1.93. The van der Waals surface area contributed by atoms with Crippen molar-refractivity contribution < 1.29 is 19.4 Å². The highest BCUT2D eigenvalue weighted by Gasteiger charge is 2.30. The van der Waals surface area contributed by atoms with Crippen LogP contribution >= 0.6 is 0 Å². The van der Waals surface area contributed by atoms with Crippen molar-refractivity contribution in [1.82, 2.24) is 5.32 Å². The standard InChI is InChI=1S/C23H38N4O2/c1-17(2)19-8-10-20(11-9-19)24-22(29)18(3)27-13-7-12-26(14-15-27)16-21(28)25-23(4,5)6/h8-11,17-18H,7,12-16H2,1-6H3,(H,24,29)(H,25,28)/p+2/t18-/m1/s1. The number of anilines is 1. The number of benzene rings is 1. The van der Waals surface area contributed by atoms with Crippen LogP contribution in [0.15, 0.2) is 24.3 Å². The Hall–Kier alpha value is -1.92. The maximum atomic E-state index is 12.8. The van der Waals surface area contributed by atoms with E-state index in [-0.39, 0.29) is 23.4 Å². The van der Waals surface area contributed by atoms with Gasteiger partial charge in [-0.1, -0.05) is 26.0 Å². The highest BCUT2D eigenvalue weighted by Crippen LogP contribution is 2.17. The van der Waals surface area contributed by atoms with Crippen LogP contribution in [0.4, 0.5) is 5.69 Å². The predicted octanol–water partition coefficient (Wildman–Crippen LogP) is 0.225. The summed E-state index contributed by atoms with van der Waals surface area (Å²) in [5, 5.41) is 6.11. The van der Waals surface area contributed by atoms with Crippen molar-refractivity contribution in [2.24, 2.45) is 0 Å². The van der Waals surface area contributed by atoms with E-state index < -0.39 is 0 Å². The summed E-state index contributed by atoms with van der Waals surface area (Å²) >= 11 is 0. The molecule has 4 N–H and O–H groups in total. The molecule has 0 saturated carbocycles. The smallest absolute Gasteiger partial charge is 0.282 e. The minimum absolute atomic E-state index is 0.0613. The Balaban J connectivity index is 1.85. The summed E-state index contributed by atoms with van der Waals surface area (Å²) in [5.74, 6) is 0.647. The molecule has 1 heterocycles. The van der Waals surface area contributed by atoms with Crippen LogP contribution in [0.5, 0.6) is 0 Å². The Labute approximate surface area is 176 Å². The summed E-state index contributed by atoms with van der Waals surface area (Å²) in [7, 11) is 0. The minimum Gasteiger partial charge on any atom is -0.347 e. The van der Waals surface area contributed by atoms with E-state index in [1.54, 1.807) is 0 Å². The third-order valence-corrected chi connectivity index (χ3v) is 5.60. The van der Waals surface area contributed by atoms with Gasteiger partial charge in [-0.15, -0.1) is 0 Å². The van der Waals surface area contributed by atoms with Gasteiger partial charge < -0.3 is 20.4 Å². The van der Waals surface area contributed by atoms with Gasteiger partial charge in [0.15, 0.2) is 12.6 Å². The fourth-order valence-corrected chi connectivity index (χ4v) is 3.84. The van der Waals surface area contributed by atoms with Gasteiger partial charge in [-0.05, 0) is 51.3 Å². The average Bonchev–Trinajstić information content (AvgIpc) is 2.85. The molecule has 1 aromatic rings. The number of hydrogen-bond acceptors (Lipinski definition) is 2. The molecular weight excluding hydrogens is 364 g/mol. The Morgan fingerprint density at radius 1 is 1.00 bits per heavy atom. The molecule has 1 aliphatic heterocycles. The van der Waals surface area contributed by atoms with E-state index in [1.807, 2.05) is 39.8 Å². The normalized spacial score (nSPS) is 21.3. The molecule has 0 aliphatic carbocycles. The molecule has 1 saturated heterocycles. The van der Waals surface area contributed by atoms with Gasteiger partial charge in [-0.2, -0.15) is 0 Å². The van der Waals surface area contributed by atoms with Gasteiger partial charge in [-0.25, -0.2) is 0 Å². The first-order chi connectivity index (χ1) is 13.5. The van der Waals surface area contributed by atoms with Crippen molar-refractivity contribution in [3.63, 3.8) is 0 Å². The number of quaternary nitrogens is 2. The molecule has 0 aromatic heterocycles. The summed E-state index contributed by atoms with van der Waals surface area (Å²) < 4.78 is 0. The molecule has 2 unspecified atom stereocenters. The van der Waals surface area contributed by atoms with Crippen molar-refractivity contribution in [3.05, 3.63) is 29.8 Å². The van der Waals surface area contributed by atoms with Crippen LogP contribution < -0.4 is 20.4 Å². The van der Waals surface area contributed by atoms with Gasteiger partial charge >= 0.3 is 0 Å². The lowest BCUT2D eigenvalue weighted by molar-refractivity contribution is -0.942. The SMILES string of the molecule is CC(C)c1ccc(NC(=O)[C@@H](C)[NH+]2CCC[NH+](CC(=O)NC(C)(C)C)CC2)cc1. The van der Waals surface area contributed by atoms with E-state index >= 15 is 0 Å². The third-order valence-electron chi connectivity index (χ3n) is 5.60. The van der Waals surface area contributed by atoms with E-state index in [9.17, 15) is 9.59 Å². The van der Waals surface area contributed by atoms with Gasteiger partial charge in [0, 0.05) is 17.6 Å². The van der Waals surface area contributed by atoms with Gasteiger partial charge in [0.1, 0.15) is 13.1 Å². The van der Waals surface area contributed by atoms with Crippen molar-refractivity contribution in [2.75, 3.05) is 38.0 Å². The number of rotatable bonds is 6. The highest BCUT2D eigenvalue weighted by atomic mass is 16.2. The van der Waals surface area contributed by atoms with Gasteiger partial charge in [0.25, 0.3) is 11.8 Å². The van der Waals surface area contributed by atoms with E-state index in [2.05, 4.69) is 36.6 Å². The van der Waals surface area contributed by atoms with Crippen LogP contribution in [0, 0.1) is 0 Å². The number of hydrogen-bond donors (Lipinski definition) is 4. The Morgan fingerprint density at radius 2 is 1.66 bits per heavy atom. The van der Waals surface area contributed by atoms with Crippen LogP contribution in [-0.4, -0.2) is 56.1 Å². The molecule has 2 amide bonds. The molecule has 1 aromatic carbocycles. The van der Waals surface area contributed by atoms with Gasteiger partial charge in [0.2, 0.25) is 0 Å². The maximum absolute atomic E-state index is 12.8. The summed E-state index contributed by atoms with van der Waals surface area (Å²) in [6.07, 6.45) is 1.02. The second-order valence-electron chi connectivity index (χ2n) is 9.72. The van der Waals surface area contributed by atoms with Crippen molar-refractivity contribution in [1.29, 1.82) is 0 Å². The first-order valence-corrected chi connectivity index (χ1v) is 10.9. The Morgan fingerprint density at radius 3 is 2.24 bits per heavy atom.